The summed E-state index contributed by atoms with van der Waals surface area (Å²) in [6.07, 6.45) is 3.50. The second-order valence-electron chi connectivity index (χ2n) is 7.94. The maximum Gasteiger partial charge on any atom is 0.255 e. The number of halogens is 1. The third kappa shape index (κ3) is 4.77. The lowest BCUT2D eigenvalue weighted by Crippen LogP contribution is -2.32. The molecule has 0 bridgehead atoms. The highest BCUT2D eigenvalue weighted by molar-refractivity contribution is 7.89. The van der Waals surface area contributed by atoms with Crippen molar-refractivity contribution in [3.63, 3.8) is 0 Å². The van der Waals surface area contributed by atoms with Crippen molar-refractivity contribution in [3.05, 3.63) is 53.6 Å². The largest absolute Gasteiger partial charge is 0.495 e. The SMILES string of the molecule is COc1ccc(C(=O)Nc2cc(-n3nnnc3C)ccc2F)cc1S(=O)(=O)N1CCCCCC1. The van der Waals surface area contributed by atoms with Crippen molar-refractivity contribution >= 4 is 21.6 Å². The Hall–Kier alpha value is -3.38. The zero-order valence-electron chi connectivity index (χ0n) is 18.9. The van der Waals surface area contributed by atoms with Crippen molar-refractivity contribution in [3.8, 4) is 11.4 Å². The van der Waals surface area contributed by atoms with Crippen LogP contribution in [0.1, 0.15) is 41.9 Å². The van der Waals surface area contributed by atoms with Gasteiger partial charge in [-0.3, -0.25) is 4.79 Å². The van der Waals surface area contributed by atoms with E-state index in [1.54, 1.807) is 6.92 Å². The number of nitrogens with zero attached hydrogens (tertiary/aromatic N) is 5. The van der Waals surface area contributed by atoms with Crippen LogP contribution in [0.25, 0.3) is 5.69 Å². The Bertz CT molecular complexity index is 1300. The topological polar surface area (TPSA) is 119 Å². The van der Waals surface area contributed by atoms with E-state index in [1.165, 1.54) is 52.5 Å². The molecule has 0 spiro atoms. The average molecular weight is 489 g/mol. The third-order valence-electron chi connectivity index (χ3n) is 5.68. The molecule has 1 saturated heterocycles. The van der Waals surface area contributed by atoms with Crippen LogP contribution in [0.3, 0.4) is 0 Å². The lowest BCUT2D eigenvalue weighted by Gasteiger charge is -2.21. The van der Waals surface area contributed by atoms with E-state index in [9.17, 15) is 17.6 Å². The Morgan fingerprint density at radius 3 is 2.47 bits per heavy atom. The van der Waals surface area contributed by atoms with E-state index >= 15 is 0 Å². The lowest BCUT2D eigenvalue weighted by molar-refractivity contribution is 0.102. The molecular formula is C22H25FN6O4S. The first-order valence-electron chi connectivity index (χ1n) is 10.9. The Morgan fingerprint density at radius 1 is 1.09 bits per heavy atom. The summed E-state index contributed by atoms with van der Waals surface area (Å²) >= 11 is 0. The smallest absolute Gasteiger partial charge is 0.255 e. The highest BCUT2D eigenvalue weighted by Crippen LogP contribution is 2.30. The molecule has 0 atom stereocenters. The molecule has 34 heavy (non-hydrogen) atoms. The van der Waals surface area contributed by atoms with E-state index in [-0.39, 0.29) is 21.9 Å². The number of anilines is 1. The fraction of sp³-hybridized carbons (Fsp3) is 0.364. The maximum absolute atomic E-state index is 14.5. The minimum atomic E-state index is -3.88. The van der Waals surface area contributed by atoms with Gasteiger partial charge in [-0.15, -0.1) is 5.10 Å². The normalized spacial score (nSPS) is 15.0. The van der Waals surface area contributed by atoms with Crippen LogP contribution in [0, 0.1) is 12.7 Å². The van der Waals surface area contributed by atoms with Gasteiger partial charge in [0.2, 0.25) is 10.0 Å². The quantitative estimate of drug-likeness (QED) is 0.567. The van der Waals surface area contributed by atoms with Gasteiger partial charge >= 0.3 is 0 Å². The number of rotatable bonds is 6. The molecule has 12 heteroatoms. The molecule has 1 aromatic heterocycles. The molecule has 10 nitrogen and oxygen atoms in total. The molecule has 1 aliphatic rings. The minimum absolute atomic E-state index is 0.0533. The van der Waals surface area contributed by atoms with Crippen LogP contribution in [0.4, 0.5) is 10.1 Å². The van der Waals surface area contributed by atoms with E-state index in [2.05, 4.69) is 20.8 Å². The number of aryl methyl sites for hydroxylation is 1. The van der Waals surface area contributed by atoms with Crippen LogP contribution in [0.2, 0.25) is 0 Å². The number of tetrazole rings is 1. The van der Waals surface area contributed by atoms with Crippen molar-refractivity contribution in [1.82, 2.24) is 24.5 Å². The molecule has 1 aliphatic heterocycles. The standard InChI is InChI=1S/C22H25FN6O4S/c1-15-25-26-27-29(15)17-8-9-18(23)19(14-17)24-22(30)16-7-10-20(33-2)21(13-16)34(31,32)28-11-5-3-4-6-12-28/h7-10,13-14H,3-6,11-12H2,1-2H3,(H,24,30). The first-order chi connectivity index (χ1) is 16.3. The van der Waals surface area contributed by atoms with Crippen LogP contribution < -0.4 is 10.1 Å². The Kier molecular flexibility index (Phi) is 6.89. The number of hydrogen-bond donors (Lipinski definition) is 1. The van der Waals surface area contributed by atoms with Crippen LogP contribution in [-0.4, -0.2) is 59.0 Å². The van der Waals surface area contributed by atoms with Gasteiger partial charge in [-0.25, -0.2) is 12.8 Å². The van der Waals surface area contributed by atoms with Gasteiger partial charge in [0.05, 0.1) is 18.5 Å². The van der Waals surface area contributed by atoms with E-state index in [0.29, 0.717) is 24.6 Å². The van der Waals surface area contributed by atoms with Crippen molar-refractivity contribution in [2.75, 3.05) is 25.5 Å². The van der Waals surface area contributed by atoms with Crippen molar-refractivity contribution in [1.29, 1.82) is 0 Å². The summed E-state index contributed by atoms with van der Waals surface area (Å²) in [6.45, 7) is 2.51. The number of benzene rings is 2. The minimum Gasteiger partial charge on any atom is -0.495 e. The van der Waals surface area contributed by atoms with Crippen LogP contribution in [0.5, 0.6) is 5.75 Å². The fourth-order valence-electron chi connectivity index (χ4n) is 3.85. The van der Waals surface area contributed by atoms with Crippen molar-refractivity contribution in [2.45, 2.75) is 37.5 Å². The van der Waals surface area contributed by atoms with Gasteiger partial charge in [0.15, 0.2) is 5.82 Å². The van der Waals surface area contributed by atoms with Crippen LogP contribution in [-0.2, 0) is 10.0 Å². The van der Waals surface area contributed by atoms with Crippen molar-refractivity contribution in [2.24, 2.45) is 0 Å². The highest BCUT2D eigenvalue weighted by atomic mass is 32.2. The number of sulfonamides is 1. The van der Waals surface area contributed by atoms with Gasteiger partial charge in [-0.2, -0.15) is 8.99 Å². The van der Waals surface area contributed by atoms with Gasteiger partial charge in [-0.1, -0.05) is 12.8 Å². The van der Waals surface area contributed by atoms with Crippen molar-refractivity contribution < 1.29 is 22.3 Å². The molecule has 3 aromatic rings. The summed E-state index contributed by atoms with van der Waals surface area (Å²) < 4.78 is 49.3. The Labute approximate surface area is 196 Å². The zero-order valence-corrected chi connectivity index (χ0v) is 19.7. The molecule has 1 fully saturated rings. The highest BCUT2D eigenvalue weighted by Gasteiger charge is 2.29. The average Bonchev–Trinajstić information content (AvgIpc) is 3.07. The van der Waals surface area contributed by atoms with Crippen LogP contribution in [0.15, 0.2) is 41.3 Å². The second kappa shape index (κ2) is 9.85. The Morgan fingerprint density at radius 2 is 1.82 bits per heavy atom. The van der Waals surface area contributed by atoms with Gasteiger partial charge < -0.3 is 10.1 Å². The number of ether oxygens (including phenoxy) is 1. The monoisotopic (exact) mass is 488 g/mol. The van der Waals surface area contributed by atoms with E-state index < -0.39 is 21.7 Å². The molecule has 1 amide bonds. The van der Waals surface area contributed by atoms with E-state index in [1.807, 2.05) is 0 Å². The lowest BCUT2D eigenvalue weighted by atomic mass is 10.2. The van der Waals surface area contributed by atoms with Gasteiger partial charge in [0, 0.05) is 18.7 Å². The molecule has 4 rings (SSSR count). The summed E-state index contributed by atoms with van der Waals surface area (Å²) in [7, 11) is -2.50. The molecule has 2 aromatic carbocycles. The predicted molar refractivity (Wildman–Crippen MR) is 122 cm³/mol. The molecule has 0 saturated carbocycles. The number of nitrogens with one attached hydrogen (secondary N) is 1. The first kappa shape index (κ1) is 23.8. The number of carbonyl (C=O) groups is 1. The van der Waals surface area contributed by atoms with Crippen LogP contribution >= 0.6 is 0 Å². The van der Waals surface area contributed by atoms with Gasteiger partial charge in [0.25, 0.3) is 5.91 Å². The summed E-state index contributed by atoms with van der Waals surface area (Å²) in [5.41, 5.74) is 0.418. The molecule has 1 N–H and O–H groups in total. The number of aromatic nitrogens is 4. The van der Waals surface area contributed by atoms with Gasteiger partial charge in [0.1, 0.15) is 16.5 Å². The molecule has 0 radical (unpaired) electrons. The van der Waals surface area contributed by atoms with E-state index in [4.69, 9.17) is 4.74 Å². The summed E-state index contributed by atoms with van der Waals surface area (Å²) in [5, 5.41) is 13.7. The third-order valence-corrected chi connectivity index (χ3v) is 7.60. The molecule has 0 unspecified atom stereocenters. The fourth-order valence-corrected chi connectivity index (χ4v) is 5.54. The number of amides is 1. The van der Waals surface area contributed by atoms with Gasteiger partial charge in [-0.05, 0) is 66.6 Å². The molecule has 2 heterocycles. The number of methoxy groups -OCH3 is 1. The van der Waals surface area contributed by atoms with E-state index in [0.717, 1.165) is 25.7 Å². The zero-order chi connectivity index (χ0) is 24.3. The summed E-state index contributed by atoms with van der Waals surface area (Å²) in [6, 6.07) is 8.19. The molecule has 180 valence electrons. The maximum atomic E-state index is 14.5. The molecular weight excluding hydrogens is 463 g/mol. The Balaban J connectivity index is 1.64. The first-order valence-corrected chi connectivity index (χ1v) is 12.3. The number of hydrogen-bond acceptors (Lipinski definition) is 7. The summed E-state index contributed by atoms with van der Waals surface area (Å²) in [4.78, 5) is 12.9. The number of carbonyl (C=O) groups excluding carboxylic acids is 1. The predicted octanol–water partition coefficient (Wildman–Crippen LogP) is 2.94. The second-order valence-corrected chi connectivity index (χ2v) is 9.85. The summed E-state index contributed by atoms with van der Waals surface area (Å²) in [5.74, 6) is -0.696. The molecule has 0 aliphatic carbocycles.